The molecule has 2 fully saturated rings. The van der Waals surface area contributed by atoms with E-state index in [2.05, 4.69) is 24.5 Å². The number of hydrogen-bond donors (Lipinski definition) is 2. The van der Waals surface area contributed by atoms with E-state index >= 15 is 0 Å². The Morgan fingerprint density at radius 2 is 2.14 bits per heavy atom. The summed E-state index contributed by atoms with van der Waals surface area (Å²) in [6, 6.07) is 0.551. The molecule has 0 aromatic rings. The van der Waals surface area contributed by atoms with Gasteiger partial charge in [0.05, 0.1) is 5.75 Å². The molecule has 0 radical (unpaired) electrons. The van der Waals surface area contributed by atoms with Crippen molar-refractivity contribution in [1.82, 2.24) is 14.9 Å². The Morgan fingerprint density at radius 3 is 2.86 bits per heavy atom. The normalized spacial score (nSPS) is 27.5. The van der Waals surface area contributed by atoms with Crippen molar-refractivity contribution in [1.29, 1.82) is 0 Å². The highest BCUT2D eigenvalue weighted by molar-refractivity contribution is 7.89. The molecule has 2 unspecified atom stereocenters. The smallest absolute Gasteiger partial charge is 0.220 e. The standard InChI is InChI=1S/C14H27N3O3S/c1-11(2)15-7-3-9-21(19,20)17-8-6-13-12(10-17)4-5-14(18)16-13/h11-13,15H,3-10H2,1-2H3,(H,16,18). The van der Waals surface area contributed by atoms with Crippen LogP contribution in [0.5, 0.6) is 0 Å². The van der Waals surface area contributed by atoms with Crippen LogP contribution in [0.1, 0.15) is 39.5 Å². The number of carbonyl (C=O) groups is 1. The first-order chi connectivity index (χ1) is 9.88. The zero-order valence-electron chi connectivity index (χ0n) is 13.0. The van der Waals surface area contributed by atoms with Crippen LogP contribution in [-0.4, -0.2) is 56.1 Å². The Morgan fingerprint density at radius 1 is 1.38 bits per heavy atom. The zero-order chi connectivity index (χ0) is 15.5. The predicted molar refractivity (Wildman–Crippen MR) is 82.4 cm³/mol. The first-order valence-corrected chi connectivity index (χ1v) is 9.50. The monoisotopic (exact) mass is 317 g/mol. The Balaban J connectivity index is 1.82. The summed E-state index contributed by atoms with van der Waals surface area (Å²) in [5.41, 5.74) is 0. The van der Waals surface area contributed by atoms with Crippen molar-refractivity contribution >= 4 is 15.9 Å². The van der Waals surface area contributed by atoms with Crippen LogP contribution in [0.25, 0.3) is 0 Å². The van der Waals surface area contributed by atoms with Crippen LogP contribution in [0.2, 0.25) is 0 Å². The van der Waals surface area contributed by atoms with Crippen molar-refractivity contribution in [3.63, 3.8) is 0 Å². The first kappa shape index (κ1) is 16.7. The molecular weight excluding hydrogens is 290 g/mol. The van der Waals surface area contributed by atoms with Gasteiger partial charge in [0.15, 0.2) is 0 Å². The fraction of sp³-hybridized carbons (Fsp3) is 0.929. The quantitative estimate of drug-likeness (QED) is 0.691. The maximum Gasteiger partial charge on any atom is 0.220 e. The van der Waals surface area contributed by atoms with E-state index in [1.54, 1.807) is 4.31 Å². The molecule has 0 bridgehead atoms. The van der Waals surface area contributed by atoms with Crippen molar-refractivity contribution in [2.24, 2.45) is 5.92 Å². The Labute approximate surface area is 127 Å². The van der Waals surface area contributed by atoms with Gasteiger partial charge in [-0.15, -0.1) is 0 Å². The van der Waals surface area contributed by atoms with E-state index in [1.807, 2.05) is 0 Å². The molecule has 0 saturated carbocycles. The highest BCUT2D eigenvalue weighted by Crippen LogP contribution is 2.27. The minimum absolute atomic E-state index is 0.104. The van der Waals surface area contributed by atoms with Gasteiger partial charge in [-0.25, -0.2) is 12.7 Å². The summed E-state index contributed by atoms with van der Waals surface area (Å²) in [6.45, 7) is 5.92. The van der Waals surface area contributed by atoms with Crippen molar-refractivity contribution in [3.8, 4) is 0 Å². The van der Waals surface area contributed by atoms with Gasteiger partial charge in [0.25, 0.3) is 0 Å². The summed E-state index contributed by atoms with van der Waals surface area (Å²) in [5, 5.41) is 6.23. The summed E-state index contributed by atoms with van der Waals surface area (Å²) in [7, 11) is -3.16. The minimum Gasteiger partial charge on any atom is -0.353 e. The third kappa shape index (κ3) is 4.66. The van der Waals surface area contributed by atoms with E-state index in [0.717, 1.165) is 19.4 Å². The van der Waals surface area contributed by atoms with Gasteiger partial charge >= 0.3 is 0 Å². The lowest BCUT2D eigenvalue weighted by Crippen LogP contribution is -2.55. The SMILES string of the molecule is CC(C)NCCCS(=O)(=O)N1CCC2NC(=O)CCC2C1. The van der Waals surface area contributed by atoms with E-state index in [9.17, 15) is 13.2 Å². The largest absolute Gasteiger partial charge is 0.353 e. The molecule has 1 amide bonds. The van der Waals surface area contributed by atoms with Crippen LogP contribution in [-0.2, 0) is 14.8 Å². The van der Waals surface area contributed by atoms with Gasteiger partial charge in [0, 0.05) is 31.6 Å². The number of piperidine rings is 2. The van der Waals surface area contributed by atoms with Gasteiger partial charge in [-0.1, -0.05) is 13.8 Å². The minimum atomic E-state index is -3.16. The topological polar surface area (TPSA) is 78.5 Å². The lowest BCUT2D eigenvalue weighted by molar-refractivity contribution is -0.124. The molecule has 7 heteroatoms. The van der Waals surface area contributed by atoms with Crippen LogP contribution in [0.4, 0.5) is 0 Å². The number of sulfonamides is 1. The van der Waals surface area contributed by atoms with Crippen LogP contribution in [0.15, 0.2) is 0 Å². The number of nitrogens with zero attached hydrogens (tertiary/aromatic N) is 1. The van der Waals surface area contributed by atoms with Crippen molar-refractivity contribution in [3.05, 3.63) is 0 Å². The van der Waals surface area contributed by atoms with E-state index in [4.69, 9.17) is 0 Å². The fourth-order valence-corrected chi connectivity index (χ4v) is 4.67. The van der Waals surface area contributed by atoms with Gasteiger partial charge in [-0.05, 0) is 31.7 Å². The van der Waals surface area contributed by atoms with Gasteiger partial charge in [-0.3, -0.25) is 4.79 Å². The lowest BCUT2D eigenvalue weighted by atomic mass is 9.86. The highest BCUT2D eigenvalue weighted by Gasteiger charge is 2.37. The third-order valence-corrected chi connectivity index (χ3v) is 6.23. The Kier molecular flexibility index (Phi) is 5.62. The summed E-state index contributed by atoms with van der Waals surface area (Å²) >= 11 is 0. The second kappa shape index (κ2) is 7.07. The van der Waals surface area contributed by atoms with E-state index in [0.29, 0.717) is 32.0 Å². The second-order valence-corrected chi connectivity index (χ2v) is 8.49. The predicted octanol–water partition coefficient (Wildman–Crippen LogP) is 0.305. The van der Waals surface area contributed by atoms with E-state index in [1.165, 1.54) is 0 Å². The van der Waals surface area contributed by atoms with Crippen LogP contribution in [0.3, 0.4) is 0 Å². The molecule has 2 rings (SSSR count). The molecule has 0 aromatic carbocycles. The average molecular weight is 317 g/mol. The average Bonchev–Trinajstić information content (AvgIpc) is 2.43. The van der Waals surface area contributed by atoms with Gasteiger partial charge in [-0.2, -0.15) is 0 Å². The molecule has 2 saturated heterocycles. The maximum absolute atomic E-state index is 12.4. The molecule has 6 nitrogen and oxygen atoms in total. The molecule has 0 spiro atoms. The molecule has 2 atom stereocenters. The first-order valence-electron chi connectivity index (χ1n) is 7.89. The molecule has 0 aromatic heterocycles. The Bertz CT molecular complexity index is 464. The molecule has 0 aliphatic carbocycles. The van der Waals surface area contributed by atoms with E-state index < -0.39 is 10.0 Å². The lowest BCUT2D eigenvalue weighted by Gasteiger charge is -2.40. The van der Waals surface area contributed by atoms with Crippen LogP contribution < -0.4 is 10.6 Å². The molecular formula is C14H27N3O3S. The summed E-state index contributed by atoms with van der Waals surface area (Å²) in [6.07, 6.45) is 2.70. The van der Waals surface area contributed by atoms with Gasteiger partial charge in [0.1, 0.15) is 0 Å². The molecule has 2 aliphatic heterocycles. The van der Waals surface area contributed by atoms with Gasteiger partial charge in [0.2, 0.25) is 15.9 Å². The number of nitrogens with one attached hydrogen (secondary N) is 2. The summed E-state index contributed by atoms with van der Waals surface area (Å²) in [5.74, 6) is 0.587. The molecule has 2 heterocycles. The Hall–Kier alpha value is -0.660. The van der Waals surface area contributed by atoms with Crippen LogP contribution in [0, 0.1) is 5.92 Å². The number of amides is 1. The number of fused-ring (bicyclic) bond motifs is 1. The summed E-state index contributed by atoms with van der Waals surface area (Å²) in [4.78, 5) is 11.4. The van der Waals surface area contributed by atoms with E-state index in [-0.39, 0.29) is 23.6 Å². The van der Waals surface area contributed by atoms with Crippen LogP contribution >= 0.6 is 0 Å². The maximum atomic E-state index is 12.4. The second-order valence-electron chi connectivity index (χ2n) is 6.40. The third-order valence-electron chi connectivity index (χ3n) is 4.31. The van der Waals surface area contributed by atoms with Crippen molar-refractivity contribution < 1.29 is 13.2 Å². The highest BCUT2D eigenvalue weighted by atomic mass is 32.2. The van der Waals surface area contributed by atoms with Crippen molar-refractivity contribution in [2.45, 2.75) is 51.6 Å². The fourth-order valence-electron chi connectivity index (χ4n) is 3.10. The molecule has 21 heavy (non-hydrogen) atoms. The molecule has 122 valence electrons. The van der Waals surface area contributed by atoms with Crippen molar-refractivity contribution in [2.75, 3.05) is 25.4 Å². The number of carbonyl (C=O) groups excluding carboxylic acids is 1. The summed E-state index contributed by atoms with van der Waals surface area (Å²) < 4.78 is 26.4. The number of hydrogen-bond acceptors (Lipinski definition) is 4. The zero-order valence-corrected chi connectivity index (χ0v) is 13.8. The van der Waals surface area contributed by atoms with Gasteiger partial charge < -0.3 is 10.6 Å². The number of rotatable bonds is 6. The molecule has 2 aliphatic rings. The molecule has 2 N–H and O–H groups in total.